The van der Waals surface area contributed by atoms with Crippen LogP contribution in [-0.4, -0.2) is 11.7 Å². The minimum absolute atomic E-state index is 0.328. The molecule has 0 saturated heterocycles. The molecule has 0 aliphatic carbocycles. The standard InChI is InChI=1S/C9H8N4O/c10-6-9(11)13-12-8(14-9)7-4-2-1-3-5-7/h1-5,13H,11H2. The highest BCUT2D eigenvalue weighted by molar-refractivity contribution is 5.95. The van der Waals surface area contributed by atoms with Gasteiger partial charge in [0.1, 0.15) is 0 Å². The van der Waals surface area contributed by atoms with Crippen molar-refractivity contribution in [3.8, 4) is 6.07 Å². The maximum atomic E-state index is 8.65. The van der Waals surface area contributed by atoms with E-state index in [1.807, 2.05) is 30.3 Å². The fourth-order valence-electron chi connectivity index (χ4n) is 1.08. The molecule has 0 amide bonds. The number of hydrogen-bond acceptors (Lipinski definition) is 5. The summed E-state index contributed by atoms with van der Waals surface area (Å²) in [5.41, 5.74) is 8.67. The van der Waals surface area contributed by atoms with Gasteiger partial charge >= 0.3 is 5.85 Å². The Kier molecular flexibility index (Phi) is 1.84. The molecule has 1 aliphatic heterocycles. The maximum Gasteiger partial charge on any atom is 0.344 e. The van der Waals surface area contributed by atoms with Crippen LogP contribution in [0.2, 0.25) is 0 Å². The van der Waals surface area contributed by atoms with Crippen LogP contribution >= 0.6 is 0 Å². The highest BCUT2D eigenvalue weighted by Gasteiger charge is 2.33. The van der Waals surface area contributed by atoms with E-state index in [9.17, 15) is 0 Å². The average molecular weight is 188 g/mol. The normalized spacial score (nSPS) is 24.4. The molecule has 3 N–H and O–H groups in total. The van der Waals surface area contributed by atoms with Crippen LogP contribution in [0.3, 0.4) is 0 Å². The summed E-state index contributed by atoms with van der Waals surface area (Å²) in [6.07, 6.45) is 0. The summed E-state index contributed by atoms with van der Waals surface area (Å²) < 4.78 is 5.14. The van der Waals surface area contributed by atoms with Gasteiger partial charge in [0, 0.05) is 5.56 Å². The Balaban J connectivity index is 2.22. The van der Waals surface area contributed by atoms with Gasteiger partial charge in [-0.1, -0.05) is 18.2 Å². The molecule has 0 radical (unpaired) electrons. The number of nitrogens with one attached hydrogen (secondary N) is 1. The van der Waals surface area contributed by atoms with Crippen LogP contribution in [-0.2, 0) is 4.74 Å². The van der Waals surface area contributed by atoms with Crippen molar-refractivity contribution in [1.29, 1.82) is 5.26 Å². The summed E-state index contributed by atoms with van der Waals surface area (Å²) in [7, 11) is 0. The number of hydrazone groups is 1. The molecule has 70 valence electrons. The Morgan fingerprint density at radius 1 is 1.43 bits per heavy atom. The molecule has 1 atom stereocenters. The molecule has 1 aromatic rings. The van der Waals surface area contributed by atoms with Crippen LogP contribution in [0.15, 0.2) is 35.4 Å². The van der Waals surface area contributed by atoms with Crippen molar-refractivity contribution in [2.45, 2.75) is 5.85 Å². The Bertz CT molecular complexity index is 409. The lowest BCUT2D eigenvalue weighted by Gasteiger charge is -2.13. The van der Waals surface area contributed by atoms with Crippen LogP contribution in [0.25, 0.3) is 0 Å². The van der Waals surface area contributed by atoms with Gasteiger partial charge < -0.3 is 4.74 Å². The van der Waals surface area contributed by atoms with Gasteiger partial charge in [-0.05, 0) is 12.1 Å². The fraction of sp³-hybridized carbons (Fsp3) is 0.111. The summed E-state index contributed by atoms with van der Waals surface area (Å²) in [6, 6.07) is 11.0. The molecular formula is C9H8N4O. The van der Waals surface area contributed by atoms with E-state index in [-0.39, 0.29) is 0 Å². The van der Waals surface area contributed by atoms with Crippen LogP contribution < -0.4 is 11.2 Å². The first-order valence-electron chi connectivity index (χ1n) is 4.03. The minimum Gasteiger partial charge on any atom is -0.422 e. The van der Waals surface area contributed by atoms with E-state index in [0.29, 0.717) is 5.90 Å². The van der Waals surface area contributed by atoms with Gasteiger partial charge in [-0.3, -0.25) is 5.73 Å². The summed E-state index contributed by atoms with van der Waals surface area (Å²) in [5.74, 6) is -1.21. The van der Waals surface area contributed by atoms with Gasteiger partial charge in [0.15, 0.2) is 6.07 Å². The Morgan fingerprint density at radius 2 is 2.14 bits per heavy atom. The lowest BCUT2D eigenvalue weighted by atomic mass is 10.2. The second-order valence-electron chi connectivity index (χ2n) is 2.84. The number of hydrogen-bond donors (Lipinski definition) is 2. The molecule has 0 fully saturated rings. The van der Waals surface area contributed by atoms with Crippen LogP contribution in [0.4, 0.5) is 0 Å². The third-order valence-corrected chi connectivity index (χ3v) is 1.77. The van der Waals surface area contributed by atoms with Gasteiger partial charge in [0.25, 0.3) is 0 Å². The molecular weight excluding hydrogens is 180 g/mol. The zero-order chi connectivity index (χ0) is 10.0. The van der Waals surface area contributed by atoms with E-state index in [0.717, 1.165) is 5.56 Å². The summed E-state index contributed by atoms with van der Waals surface area (Å²) in [4.78, 5) is 0. The second-order valence-corrected chi connectivity index (χ2v) is 2.84. The van der Waals surface area contributed by atoms with Gasteiger partial charge in [-0.2, -0.15) is 5.26 Å². The van der Waals surface area contributed by atoms with E-state index in [4.69, 9.17) is 15.7 Å². The van der Waals surface area contributed by atoms with Crippen molar-refractivity contribution in [2.24, 2.45) is 10.8 Å². The van der Waals surface area contributed by atoms with Gasteiger partial charge in [-0.25, -0.2) is 5.43 Å². The number of nitriles is 1. The van der Waals surface area contributed by atoms with E-state index in [1.54, 1.807) is 6.07 Å². The van der Waals surface area contributed by atoms with Crippen molar-refractivity contribution < 1.29 is 4.74 Å². The third-order valence-electron chi connectivity index (χ3n) is 1.77. The number of benzene rings is 1. The minimum atomic E-state index is -1.54. The number of nitrogens with zero attached hydrogens (tertiary/aromatic N) is 2. The Morgan fingerprint density at radius 3 is 2.71 bits per heavy atom. The zero-order valence-electron chi connectivity index (χ0n) is 7.27. The topological polar surface area (TPSA) is 83.4 Å². The molecule has 1 aromatic carbocycles. The van der Waals surface area contributed by atoms with Gasteiger partial charge in [-0.15, -0.1) is 5.10 Å². The quantitative estimate of drug-likeness (QED) is 0.654. The van der Waals surface area contributed by atoms with Crippen molar-refractivity contribution in [3.63, 3.8) is 0 Å². The molecule has 5 nitrogen and oxygen atoms in total. The highest BCUT2D eigenvalue weighted by atomic mass is 16.6. The van der Waals surface area contributed by atoms with E-state index < -0.39 is 5.85 Å². The first-order valence-corrected chi connectivity index (χ1v) is 4.03. The molecule has 1 heterocycles. The molecule has 0 saturated carbocycles. The van der Waals surface area contributed by atoms with E-state index in [2.05, 4.69) is 10.5 Å². The average Bonchev–Trinajstić information content (AvgIpc) is 2.63. The van der Waals surface area contributed by atoms with Gasteiger partial charge in [0.05, 0.1) is 0 Å². The molecule has 14 heavy (non-hydrogen) atoms. The fourth-order valence-corrected chi connectivity index (χ4v) is 1.08. The number of ether oxygens (including phenoxy) is 1. The molecule has 1 unspecified atom stereocenters. The van der Waals surface area contributed by atoms with Crippen molar-refractivity contribution >= 4 is 5.90 Å². The van der Waals surface area contributed by atoms with Crippen LogP contribution in [0.1, 0.15) is 5.56 Å². The Hall–Kier alpha value is -2.06. The van der Waals surface area contributed by atoms with E-state index >= 15 is 0 Å². The number of nitrogens with two attached hydrogens (primary N) is 1. The second kappa shape index (κ2) is 3.01. The molecule has 1 aliphatic rings. The lowest BCUT2D eigenvalue weighted by Crippen LogP contribution is -2.48. The highest BCUT2D eigenvalue weighted by Crippen LogP contribution is 2.12. The zero-order valence-corrected chi connectivity index (χ0v) is 7.27. The molecule has 5 heteroatoms. The molecule has 0 bridgehead atoms. The summed E-state index contributed by atoms with van der Waals surface area (Å²) >= 11 is 0. The Labute approximate surface area is 80.8 Å². The van der Waals surface area contributed by atoms with Gasteiger partial charge in [0.2, 0.25) is 5.90 Å². The first kappa shape index (κ1) is 8.53. The van der Waals surface area contributed by atoms with Crippen LogP contribution in [0.5, 0.6) is 0 Å². The largest absolute Gasteiger partial charge is 0.422 e. The first-order chi connectivity index (χ1) is 6.73. The van der Waals surface area contributed by atoms with Crippen molar-refractivity contribution in [1.82, 2.24) is 5.43 Å². The SMILES string of the molecule is N#CC1(N)NN=C(c2ccccc2)O1. The molecule has 0 spiro atoms. The van der Waals surface area contributed by atoms with Crippen molar-refractivity contribution in [3.05, 3.63) is 35.9 Å². The predicted molar refractivity (Wildman–Crippen MR) is 49.7 cm³/mol. The summed E-state index contributed by atoms with van der Waals surface area (Å²) in [6.45, 7) is 0. The number of rotatable bonds is 1. The predicted octanol–water partition coefficient (Wildman–Crippen LogP) is 0.104. The van der Waals surface area contributed by atoms with Crippen LogP contribution in [0, 0.1) is 11.3 Å². The van der Waals surface area contributed by atoms with E-state index in [1.165, 1.54) is 0 Å². The lowest BCUT2D eigenvalue weighted by molar-refractivity contribution is 0.118. The molecule has 2 rings (SSSR count). The van der Waals surface area contributed by atoms with Crippen molar-refractivity contribution in [2.75, 3.05) is 0 Å². The summed E-state index contributed by atoms with van der Waals surface area (Å²) in [5, 5.41) is 12.5. The third kappa shape index (κ3) is 1.39. The monoisotopic (exact) mass is 188 g/mol. The molecule has 0 aromatic heterocycles. The smallest absolute Gasteiger partial charge is 0.344 e. The maximum absolute atomic E-state index is 8.65.